The fourth-order valence-electron chi connectivity index (χ4n) is 1.20. The lowest BCUT2D eigenvalue weighted by Gasteiger charge is -2.06. The number of hydrogen-bond donors (Lipinski definition) is 0. The van der Waals surface area contributed by atoms with Gasteiger partial charge in [-0.1, -0.05) is 0 Å². The zero-order chi connectivity index (χ0) is 15.0. The summed E-state index contributed by atoms with van der Waals surface area (Å²) in [5.41, 5.74) is 1.16. The van der Waals surface area contributed by atoms with Crippen LogP contribution in [0.5, 0.6) is 5.75 Å². The smallest absolute Gasteiger partial charge is 0.269 e. The van der Waals surface area contributed by atoms with E-state index in [0.717, 1.165) is 12.1 Å². The van der Waals surface area contributed by atoms with Gasteiger partial charge in [-0.05, 0) is 24.6 Å². The molecule has 104 valence electrons. The van der Waals surface area contributed by atoms with E-state index in [1.807, 2.05) is 24.5 Å². The maximum Gasteiger partial charge on any atom is 0.269 e. The number of ether oxygens (including phenoxy) is 1. The summed E-state index contributed by atoms with van der Waals surface area (Å²) in [6.07, 6.45) is 2.12. The van der Waals surface area contributed by atoms with E-state index in [4.69, 9.17) is 0 Å². The van der Waals surface area contributed by atoms with Gasteiger partial charge >= 0.3 is 0 Å². The largest absolute Gasteiger partial charge is 0.514 e. The number of nitro benzene ring substituents is 1. The van der Waals surface area contributed by atoms with Gasteiger partial charge < -0.3 is 14.6 Å². The van der Waals surface area contributed by atoms with Crippen molar-refractivity contribution in [3.63, 3.8) is 0 Å². The highest BCUT2D eigenvalue weighted by molar-refractivity contribution is 5.59. The molecule has 7 nitrogen and oxygen atoms in total. The van der Waals surface area contributed by atoms with Crippen molar-refractivity contribution in [2.45, 2.75) is 6.92 Å². The molecule has 20 heavy (non-hydrogen) atoms. The summed E-state index contributed by atoms with van der Waals surface area (Å²) >= 11 is 0. The number of hydrogen-bond acceptors (Lipinski definition) is 5. The zero-order valence-corrected chi connectivity index (χ0v) is 10.6. The van der Waals surface area contributed by atoms with Gasteiger partial charge in [0.25, 0.3) is 11.8 Å². The number of carbonyl (C=O) groups excluding carboxylic acids is 1. The van der Waals surface area contributed by atoms with E-state index in [2.05, 4.69) is 16.6 Å². The number of rotatable bonds is 2. The van der Waals surface area contributed by atoms with Crippen LogP contribution in [-0.4, -0.2) is 11.1 Å². The average Bonchev–Trinajstić information content (AvgIpc) is 2.40. The van der Waals surface area contributed by atoms with Crippen molar-refractivity contribution < 1.29 is 24.5 Å². The number of aromatic nitrogens is 1. The van der Waals surface area contributed by atoms with Crippen LogP contribution in [0.15, 0.2) is 48.8 Å². The lowest BCUT2D eigenvalue weighted by atomic mass is 10.3. The fourth-order valence-corrected chi connectivity index (χ4v) is 1.20. The number of carboxylic acid groups (broad SMARTS) is 1. The van der Waals surface area contributed by atoms with E-state index in [9.17, 15) is 20.0 Å². The molecule has 2 rings (SSSR count). The Morgan fingerprint density at radius 1 is 1.15 bits per heavy atom. The third-order valence-corrected chi connectivity index (χ3v) is 2.13. The SMILES string of the molecule is Cc1cc[nH+]cc1.O=C([O-])Oc1ccc([N+](=O)[O-])cc1. The van der Waals surface area contributed by atoms with E-state index in [1.54, 1.807) is 0 Å². The van der Waals surface area contributed by atoms with Gasteiger partial charge in [0, 0.05) is 24.3 Å². The molecule has 0 aliphatic carbocycles. The molecular weight excluding hydrogens is 264 g/mol. The van der Waals surface area contributed by atoms with Gasteiger partial charge in [0.05, 0.1) is 10.7 Å². The molecule has 0 amide bonds. The Hall–Kier alpha value is -2.96. The average molecular weight is 276 g/mol. The highest BCUT2D eigenvalue weighted by atomic mass is 16.7. The van der Waals surface area contributed by atoms with Crippen LogP contribution < -0.4 is 14.8 Å². The molecule has 0 atom stereocenters. The molecule has 1 heterocycles. The molecule has 1 aromatic carbocycles. The number of H-pyrrole nitrogens is 1. The number of nitro groups is 1. The second-order valence-corrected chi connectivity index (χ2v) is 3.68. The van der Waals surface area contributed by atoms with Crippen LogP contribution in [0.4, 0.5) is 10.5 Å². The van der Waals surface area contributed by atoms with E-state index in [0.29, 0.717) is 0 Å². The van der Waals surface area contributed by atoms with Gasteiger partial charge in [-0.25, -0.2) is 4.98 Å². The molecular formula is C13H12N2O5. The summed E-state index contributed by atoms with van der Waals surface area (Å²) in [5, 5.41) is 20.1. The predicted octanol–water partition coefficient (Wildman–Crippen LogP) is 1.13. The van der Waals surface area contributed by atoms with Crippen LogP contribution in [0.1, 0.15) is 5.56 Å². The summed E-state index contributed by atoms with van der Waals surface area (Å²) in [7, 11) is 0. The third-order valence-electron chi connectivity index (χ3n) is 2.13. The van der Waals surface area contributed by atoms with Crippen LogP contribution in [-0.2, 0) is 0 Å². The van der Waals surface area contributed by atoms with Crippen molar-refractivity contribution in [3.05, 3.63) is 64.5 Å². The molecule has 1 N–H and O–H groups in total. The molecule has 0 saturated carbocycles. The maximum absolute atomic E-state index is 10.2. The van der Waals surface area contributed by atoms with Crippen molar-refractivity contribution in [2.75, 3.05) is 0 Å². The number of aryl methyl sites for hydroxylation is 1. The molecule has 0 bridgehead atoms. The van der Waals surface area contributed by atoms with Crippen molar-refractivity contribution >= 4 is 11.8 Å². The van der Waals surface area contributed by atoms with Gasteiger partial charge in [-0.3, -0.25) is 10.1 Å². The number of non-ortho nitro benzene ring substituents is 1. The number of aromatic amines is 1. The van der Waals surface area contributed by atoms with Crippen LogP contribution in [0.2, 0.25) is 0 Å². The Morgan fingerprint density at radius 2 is 1.70 bits per heavy atom. The van der Waals surface area contributed by atoms with E-state index in [1.165, 1.54) is 17.7 Å². The summed E-state index contributed by atoms with van der Waals surface area (Å²) in [6, 6.07) is 8.68. The first-order valence-electron chi connectivity index (χ1n) is 5.55. The topological polar surface area (TPSA) is 107 Å². The summed E-state index contributed by atoms with van der Waals surface area (Å²) < 4.78 is 4.13. The van der Waals surface area contributed by atoms with Gasteiger partial charge in [-0.2, -0.15) is 0 Å². The molecule has 0 unspecified atom stereocenters. The van der Waals surface area contributed by atoms with Gasteiger partial charge in [0.15, 0.2) is 12.4 Å². The molecule has 0 radical (unpaired) electrons. The molecule has 0 saturated heterocycles. The highest BCUT2D eigenvalue weighted by Crippen LogP contribution is 2.16. The minimum atomic E-state index is -1.70. The van der Waals surface area contributed by atoms with Gasteiger partial charge in [0.1, 0.15) is 0 Å². The predicted molar refractivity (Wildman–Crippen MR) is 66.9 cm³/mol. The number of pyridine rings is 1. The Labute approximate surface area is 114 Å². The van der Waals surface area contributed by atoms with Crippen molar-refractivity contribution in [1.29, 1.82) is 0 Å². The van der Waals surface area contributed by atoms with Crippen molar-refractivity contribution in [1.82, 2.24) is 0 Å². The summed E-state index contributed by atoms with van der Waals surface area (Å²) in [4.78, 5) is 22.4. The van der Waals surface area contributed by atoms with Gasteiger partial charge in [-0.15, -0.1) is 0 Å². The lowest BCUT2D eigenvalue weighted by Crippen LogP contribution is -2.26. The zero-order valence-electron chi connectivity index (χ0n) is 10.6. The quantitative estimate of drug-likeness (QED) is 0.353. The number of benzene rings is 1. The molecule has 1 aromatic heterocycles. The van der Waals surface area contributed by atoms with Crippen LogP contribution in [0, 0.1) is 17.0 Å². The molecule has 0 spiro atoms. The summed E-state index contributed by atoms with van der Waals surface area (Å²) in [5.74, 6) is -0.00870. The Balaban J connectivity index is 0.000000240. The Kier molecular flexibility index (Phi) is 5.64. The first kappa shape index (κ1) is 15.1. The normalized spacial score (nSPS) is 9.05. The number of nitrogens with zero attached hydrogens (tertiary/aromatic N) is 1. The Bertz CT molecular complexity index is 569. The molecule has 0 aliphatic heterocycles. The highest BCUT2D eigenvalue weighted by Gasteiger charge is 2.02. The van der Waals surface area contributed by atoms with Crippen LogP contribution >= 0.6 is 0 Å². The molecule has 7 heteroatoms. The van der Waals surface area contributed by atoms with E-state index in [-0.39, 0.29) is 11.4 Å². The third kappa shape index (κ3) is 5.58. The monoisotopic (exact) mass is 276 g/mol. The van der Waals surface area contributed by atoms with Crippen molar-refractivity contribution in [3.8, 4) is 5.75 Å². The fraction of sp³-hybridized carbons (Fsp3) is 0.0769. The van der Waals surface area contributed by atoms with Crippen molar-refractivity contribution in [2.24, 2.45) is 0 Å². The molecule has 0 fully saturated rings. The maximum atomic E-state index is 10.2. The molecule has 2 aromatic rings. The number of carbonyl (C=O) groups is 1. The Morgan fingerprint density at radius 3 is 2.05 bits per heavy atom. The van der Waals surface area contributed by atoms with Crippen LogP contribution in [0.3, 0.4) is 0 Å². The second-order valence-electron chi connectivity index (χ2n) is 3.68. The number of nitrogens with one attached hydrogen (secondary N) is 1. The van der Waals surface area contributed by atoms with E-state index >= 15 is 0 Å². The standard InChI is InChI=1S/C7H5NO5.C6H7N/c9-7(10)13-6-3-1-5(2-4-6)8(11)12;1-6-2-4-7-5-3-6/h1-4H,(H,9,10);2-5H,1H3. The van der Waals surface area contributed by atoms with Crippen LogP contribution in [0.25, 0.3) is 0 Å². The van der Waals surface area contributed by atoms with Gasteiger partial charge in [0.2, 0.25) is 0 Å². The van der Waals surface area contributed by atoms with E-state index < -0.39 is 11.1 Å². The minimum absolute atomic E-state index is 0.00870. The minimum Gasteiger partial charge on any atom is -0.514 e. The second kappa shape index (κ2) is 7.47. The summed E-state index contributed by atoms with van der Waals surface area (Å²) in [6.45, 7) is 2.06. The molecule has 0 aliphatic rings. The first-order valence-corrected chi connectivity index (χ1v) is 5.55. The lowest BCUT2D eigenvalue weighted by molar-refractivity contribution is -0.384. The first-order chi connectivity index (χ1) is 9.49.